The third-order valence-electron chi connectivity index (χ3n) is 4.15. The summed E-state index contributed by atoms with van der Waals surface area (Å²) in [6.45, 7) is 5.40. The smallest absolute Gasteiger partial charge is 0.356 e. The van der Waals surface area contributed by atoms with Crippen molar-refractivity contribution in [1.29, 1.82) is 0 Å². The Morgan fingerprint density at radius 3 is 2.75 bits per heavy atom. The number of halogens is 3. The van der Waals surface area contributed by atoms with Gasteiger partial charge in [-0.25, -0.2) is 15.0 Å². The highest BCUT2D eigenvalue weighted by Gasteiger charge is 2.35. The molecule has 0 aliphatic carbocycles. The lowest BCUT2D eigenvalue weighted by Gasteiger charge is -2.33. The molecule has 0 bridgehead atoms. The third kappa shape index (κ3) is 3.68. The van der Waals surface area contributed by atoms with Crippen molar-refractivity contribution >= 4 is 17.2 Å². The van der Waals surface area contributed by atoms with E-state index in [1.807, 2.05) is 19.9 Å². The molecule has 1 aliphatic rings. The molecular formula is C16H19F3N4S. The molecule has 1 saturated heterocycles. The average molecular weight is 356 g/mol. The Balaban J connectivity index is 1.79. The average Bonchev–Trinajstić information content (AvgIpc) is 3.04. The Kier molecular flexibility index (Phi) is 4.76. The van der Waals surface area contributed by atoms with Crippen molar-refractivity contribution in [3.63, 3.8) is 0 Å². The second-order valence-corrected chi connectivity index (χ2v) is 6.86. The van der Waals surface area contributed by atoms with Crippen LogP contribution in [-0.4, -0.2) is 28.0 Å². The first-order valence-corrected chi connectivity index (χ1v) is 8.87. The normalized spacial score (nSPS) is 18.9. The van der Waals surface area contributed by atoms with Crippen molar-refractivity contribution in [3.05, 3.63) is 33.7 Å². The zero-order valence-electron chi connectivity index (χ0n) is 13.6. The molecule has 4 nitrogen and oxygen atoms in total. The van der Waals surface area contributed by atoms with Crippen LogP contribution in [0.15, 0.2) is 11.4 Å². The van der Waals surface area contributed by atoms with Gasteiger partial charge in [0.05, 0.1) is 5.01 Å². The minimum Gasteiger partial charge on any atom is -0.356 e. The van der Waals surface area contributed by atoms with Crippen molar-refractivity contribution < 1.29 is 13.2 Å². The van der Waals surface area contributed by atoms with Gasteiger partial charge in [0, 0.05) is 36.1 Å². The molecule has 3 rings (SSSR count). The van der Waals surface area contributed by atoms with Crippen molar-refractivity contribution in [2.45, 2.75) is 45.2 Å². The van der Waals surface area contributed by atoms with Crippen LogP contribution in [0.4, 0.5) is 19.0 Å². The molecule has 8 heteroatoms. The van der Waals surface area contributed by atoms with E-state index in [-0.39, 0.29) is 5.92 Å². The largest absolute Gasteiger partial charge is 0.434 e. The molecule has 1 atom stereocenters. The summed E-state index contributed by atoms with van der Waals surface area (Å²) in [7, 11) is 0. The second-order valence-electron chi connectivity index (χ2n) is 5.97. The van der Waals surface area contributed by atoms with E-state index >= 15 is 0 Å². The van der Waals surface area contributed by atoms with Crippen LogP contribution in [0.2, 0.25) is 0 Å². The van der Waals surface area contributed by atoms with Gasteiger partial charge in [0.25, 0.3) is 0 Å². The second kappa shape index (κ2) is 6.66. The number of alkyl halides is 3. The SMILES string of the molecule is CCc1cc(N2CCCC(c3nc(C(F)(F)F)cs3)C2)nc(C)n1. The lowest BCUT2D eigenvalue weighted by molar-refractivity contribution is -0.140. The molecule has 1 fully saturated rings. The number of hydrogen-bond acceptors (Lipinski definition) is 5. The molecule has 1 unspecified atom stereocenters. The van der Waals surface area contributed by atoms with E-state index < -0.39 is 11.9 Å². The van der Waals surface area contributed by atoms with Gasteiger partial charge in [-0.1, -0.05) is 6.92 Å². The van der Waals surface area contributed by atoms with Gasteiger partial charge < -0.3 is 4.90 Å². The molecule has 0 radical (unpaired) electrons. The standard InChI is InChI=1S/C16H19F3N4S/c1-3-12-7-14(21-10(2)20-12)23-6-4-5-11(8-23)15-22-13(9-24-15)16(17,18)19/h7,9,11H,3-6,8H2,1-2H3. The van der Waals surface area contributed by atoms with Crippen molar-refractivity contribution in [2.24, 2.45) is 0 Å². The lowest BCUT2D eigenvalue weighted by Crippen LogP contribution is -2.35. The summed E-state index contributed by atoms with van der Waals surface area (Å²) in [6, 6.07) is 1.97. The van der Waals surface area contributed by atoms with Gasteiger partial charge in [-0.15, -0.1) is 11.3 Å². The van der Waals surface area contributed by atoms with Crippen LogP contribution in [0.5, 0.6) is 0 Å². The number of nitrogens with zero attached hydrogens (tertiary/aromatic N) is 4. The van der Waals surface area contributed by atoms with E-state index in [2.05, 4.69) is 19.9 Å². The van der Waals surface area contributed by atoms with Crippen LogP contribution in [0, 0.1) is 6.92 Å². The fourth-order valence-corrected chi connectivity index (χ4v) is 3.90. The molecule has 24 heavy (non-hydrogen) atoms. The maximum atomic E-state index is 12.8. The van der Waals surface area contributed by atoms with Crippen LogP contribution >= 0.6 is 11.3 Å². The summed E-state index contributed by atoms with van der Waals surface area (Å²) in [5.41, 5.74) is 0.194. The Morgan fingerprint density at radius 2 is 2.08 bits per heavy atom. The predicted molar refractivity (Wildman–Crippen MR) is 87.5 cm³/mol. The van der Waals surface area contributed by atoms with E-state index in [1.165, 1.54) is 0 Å². The van der Waals surface area contributed by atoms with E-state index in [9.17, 15) is 13.2 Å². The molecular weight excluding hydrogens is 337 g/mol. The minimum absolute atomic E-state index is 0.0141. The van der Waals surface area contributed by atoms with E-state index in [0.717, 1.165) is 59.9 Å². The van der Waals surface area contributed by atoms with E-state index in [0.29, 0.717) is 11.6 Å². The number of hydrogen-bond donors (Lipinski definition) is 0. The van der Waals surface area contributed by atoms with Gasteiger partial charge >= 0.3 is 6.18 Å². The molecule has 130 valence electrons. The number of anilines is 1. The Labute approximate surface area is 142 Å². The zero-order chi connectivity index (χ0) is 17.3. The zero-order valence-corrected chi connectivity index (χ0v) is 14.4. The van der Waals surface area contributed by atoms with Crippen molar-refractivity contribution in [1.82, 2.24) is 15.0 Å². The van der Waals surface area contributed by atoms with Crippen molar-refractivity contribution in [3.8, 4) is 0 Å². The fraction of sp³-hybridized carbons (Fsp3) is 0.562. The van der Waals surface area contributed by atoms with E-state index in [4.69, 9.17) is 0 Å². The summed E-state index contributed by atoms with van der Waals surface area (Å²) in [4.78, 5) is 14.8. The summed E-state index contributed by atoms with van der Waals surface area (Å²) in [6.07, 6.45) is -1.78. The number of aromatic nitrogens is 3. The topological polar surface area (TPSA) is 41.9 Å². The number of piperidine rings is 1. The molecule has 2 aromatic rings. The van der Waals surface area contributed by atoms with Crippen molar-refractivity contribution in [2.75, 3.05) is 18.0 Å². The summed E-state index contributed by atoms with van der Waals surface area (Å²) in [5.74, 6) is 1.59. The van der Waals surface area contributed by atoms with Gasteiger partial charge in [-0.2, -0.15) is 13.2 Å². The quantitative estimate of drug-likeness (QED) is 0.826. The fourth-order valence-electron chi connectivity index (χ4n) is 2.95. The minimum atomic E-state index is -4.37. The van der Waals surface area contributed by atoms with Gasteiger partial charge in [0.1, 0.15) is 11.6 Å². The van der Waals surface area contributed by atoms with Crippen LogP contribution in [-0.2, 0) is 12.6 Å². The monoisotopic (exact) mass is 356 g/mol. The Bertz CT molecular complexity index is 714. The molecule has 1 aliphatic heterocycles. The maximum Gasteiger partial charge on any atom is 0.434 e. The Morgan fingerprint density at radius 1 is 1.29 bits per heavy atom. The van der Waals surface area contributed by atoms with Crippen LogP contribution in [0.3, 0.4) is 0 Å². The number of thiazole rings is 1. The van der Waals surface area contributed by atoms with Gasteiger partial charge in [-0.05, 0) is 26.2 Å². The van der Waals surface area contributed by atoms with Gasteiger partial charge in [0.15, 0.2) is 5.69 Å². The van der Waals surface area contributed by atoms with Gasteiger partial charge in [0.2, 0.25) is 0 Å². The highest BCUT2D eigenvalue weighted by molar-refractivity contribution is 7.09. The molecule has 0 saturated carbocycles. The molecule has 2 aromatic heterocycles. The summed E-state index contributed by atoms with van der Waals surface area (Å²) >= 11 is 1.10. The number of aryl methyl sites for hydroxylation is 2. The third-order valence-corrected chi connectivity index (χ3v) is 5.15. The highest BCUT2D eigenvalue weighted by atomic mass is 32.1. The predicted octanol–water partition coefficient (Wildman–Crippen LogP) is 4.21. The first-order valence-electron chi connectivity index (χ1n) is 7.99. The van der Waals surface area contributed by atoms with Gasteiger partial charge in [-0.3, -0.25) is 0 Å². The Hall–Kier alpha value is -1.70. The first-order chi connectivity index (χ1) is 11.4. The van der Waals surface area contributed by atoms with E-state index in [1.54, 1.807) is 0 Å². The maximum absolute atomic E-state index is 12.8. The molecule has 3 heterocycles. The molecule has 0 spiro atoms. The molecule has 0 amide bonds. The summed E-state index contributed by atoms with van der Waals surface area (Å²) in [5, 5.41) is 1.67. The molecule has 0 N–H and O–H groups in total. The number of rotatable bonds is 3. The van der Waals surface area contributed by atoms with Crippen LogP contribution in [0.1, 0.15) is 47.9 Å². The summed E-state index contributed by atoms with van der Waals surface area (Å²) < 4.78 is 38.3. The van der Waals surface area contributed by atoms with Crippen LogP contribution in [0.25, 0.3) is 0 Å². The first kappa shape index (κ1) is 17.1. The molecule has 0 aromatic carbocycles. The lowest BCUT2D eigenvalue weighted by atomic mass is 9.98. The highest BCUT2D eigenvalue weighted by Crippen LogP contribution is 2.35. The van der Waals surface area contributed by atoms with Crippen LogP contribution < -0.4 is 4.90 Å².